The second-order valence-electron chi connectivity index (χ2n) is 4.27. The van der Waals surface area contributed by atoms with Gasteiger partial charge in [-0.05, 0) is 25.1 Å². The van der Waals surface area contributed by atoms with Crippen molar-refractivity contribution in [1.29, 1.82) is 0 Å². The first kappa shape index (κ1) is 13.0. The maximum atomic E-state index is 6.11. The van der Waals surface area contributed by atoms with E-state index < -0.39 is 0 Å². The number of rotatable bonds is 1. The average molecular weight is 251 g/mol. The number of benzene rings is 1. The van der Waals surface area contributed by atoms with Crippen molar-refractivity contribution < 1.29 is 4.52 Å². The quantitative estimate of drug-likeness (QED) is 0.694. The molecule has 0 N–H and O–H groups in total. The van der Waals surface area contributed by atoms with Crippen LogP contribution in [0.25, 0.3) is 0 Å². The molecule has 2 nitrogen and oxygen atoms in total. The Labute approximate surface area is 106 Å². The Hall–Kier alpha value is -0.430. The minimum absolute atomic E-state index is 0.324. The van der Waals surface area contributed by atoms with Gasteiger partial charge >= 0.3 is 0 Å². The molecule has 0 aliphatic carbocycles. The molecule has 17 heavy (non-hydrogen) atoms. The first-order chi connectivity index (χ1) is 8.36. The molecular weight excluding hydrogens is 229 g/mol. The summed E-state index contributed by atoms with van der Waals surface area (Å²) in [6, 6.07) is 11.3. The Balaban J connectivity index is 0.000000514. The van der Waals surface area contributed by atoms with E-state index in [1.165, 1.54) is 24.9 Å². The molecule has 2 aliphatic heterocycles. The largest absolute Gasteiger partial charge is 0.334 e. The van der Waals surface area contributed by atoms with E-state index in [1.54, 1.807) is 0 Å². The molecule has 94 valence electrons. The van der Waals surface area contributed by atoms with Gasteiger partial charge < -0.3 is 4.52 Å². The monoisotopic (exact) mass is 251 g/mol. The standard InChI is InChI=1S/C12H16NOP.C2H6/c1-15-13-9-5-8-11(13)12(14-15)10-6-3-2-4-7-10;1-2/h2-4,6-7,11-12H,5,8-9H2,1H3;1-2H3. The molecule has 2 saturated heterocycles. The summed E-state index contributed by atoms with van der Waals surface area (Å²) >= 11 is 0. The minimum Gasteiger partial charge on any atom is -0.334 e. The van der Waals surface area contributed by atoms with Gasteiger partial charge in [-0.25, -0.2) is 0 Å². The predicted octanol–water partition coefficient (Wildman–Crippen LogP) is 4.19. The summed E-state index contributed by atoms with van der Waals surface area (Å²) in [5.74, 6) is 0. The molecule has 3 heteroatoms. The van der Waals surface area contributed by atoms with E-state index in [0.717, 1.165) is 0 Å². The van der Waals surface area contributed by atoms with Gasteiger partial charge in [0, 0.05) is 12.6 Å². The van der Waals surface area contributed by atoms with Crippen LogP contribution >= 0.6 is 8.30 Å². The van der Waals surface area contributed by atoms with Crippen LogP contribution in [0.3, 0.4) is 0 Å². The Bertz CT molecular complexity index is 343. The molecule has 3 rings (SSSR count). The predicted molar refractivity (Wildman–Crippen MR) is 74.2 cm³/mol. The van der Waals surface area contributed by atoms with Crippen LogP contribution in [-0.2, 0) is 4.52 Å². The van der Waals surface area contributed by atoms with Crippen molar-refractivity contribution in [2.45, 2.75) is 38.8 Å². The second kappa shape index (κ2) is 5.95. The second-order valence-corrected chi connectivity index (χ2v) is 5.93. The number of hydrogen-bond acceptors (Lipinski definition) is 2. The van der Waals surface area contributed by atoms with Crippen molar-refractivity contribution in [3.05, 3.63) is 35.9 Å². The van der Waals surface area contributed by atoms with Crippen LogP contribution in [0.15, 0.2) is 30.3 Å². The highest BCUT2D eigenvalue weighted by Gasteiger charge is 2.43. The van der Waals surface area contributed by atoms with Gasteiger partial charge in [-0.3, -0.25) is 4.67 Å². The zero-order chi connectivity index (χ0) is 12.3. The molecule has 3 unspecified atom stereocenters. The molecular formula is C14H22NOP. The van der Waals surface area contributed by atoms with E-state index in [0.29, 0.717) is 12.1 Å². The molecule has 0 radical (unpaired) electrons. The fraction of sp³-hybridized carbons (Fsp3) is 0.571. The van der Waals surface area contributed by atoms with Crippen molar-refractivity contribution in [3.8, 4) is 0 Å². The first-order valence-electron chi connectivity index (χ1n) is 6.58. The SMILES string of the molecule is CC.CP1OC(c2ccccc2)C2CCCN21. The van der Waals surface area contributed by atoms with E-state index in [9.17, 15) is 0 Å². The van der Waals surface area contributed by atoms with Gasteiger partial charge in [0.15, 0.2) is 0 Å². The zero-order valence-electron chi connectivity index (χ0n) is 11.0. The van der Waals surface area contributed by atoms with Crippen LogP contribution < -0.4 is 0 Å². The highest BCUT2D eigenvalue weighted by atomic mass is 31.2. The molecule has 0 amide bonds. The Morgan fingerprint density at radius 3 is 2.65 bits per heavy atom. The topological polar surface area (TPSA) is 12.5 Å². The molecule has 3 atom stereocenters. The molecule has 2 fully saturated rings. The zero-order valence-corrected chi connectivity index (χ0v) is 11.9. The van der Waals surface area contributed by atoms with E-state index in [1.807, 2.05) is 13.8 Å². The Morgan fingerprint density at radius 2 is 1.94 bits per heavy atom. The summed E-state index contributed by atoms with van der Waals surface area (Å²) in [5, 5.41) is 0. The van der Waals surface area contributed by atoms with E-state index in [4.69, 9.17) is 4.52 Å². The van der Waals surface area contributed by atoms with Crippen LogP contribution in [0, 0.1) is 0 Å². The third kappa shape index (κ3) is 2.54. The maximum absolute atomic E-state index is 6.11. The lowest BCUT2D eigenvalue weighted by Crippen LogP contribution is -2.22. The van der Waals surface area contributed by atoms with Crippen LogP contribution in [0.4, 0.5) is 0 Å². The van der Waals surface area contributed by atoms with Gasteiger partial charge in [0.05, 0.1) is 0 Å². The Morgan fingerprint density at radius 1 is 1.24 bits per heavy atom. The molecule has 2 heterocycles. The minimum atomic E-state index is -0.335. The summed E-state index contributed by atoms with van der Waals surface area (Å²) < 4.78 is 8.67. The normalized spacial score (nSPS) is 31.8. The smallest absolute Gasteiger partial charge is 0.104 e. The summed E-state index contributed by atoms with van der Waals surface area (Å²) in [6.45, 7) is 7.47. The number of nitrogens with zero attached hydrogens (tertiary/aromatic N) is 1. The average Bonchev–Trinajstić information content (AvgIpc) is 2.98. The van der Waals surface area contributed by atoms with Gasteiger partial charge in [-0.2, -0.15) is 0 Å². The molecule has 2 aliphatic rings. The summed E-state index contributed by atoms with van der Waals surface area (Å²) in [7, 11) is -0.335. The van der Waals surface area contributed by atoms with E-state index >= 15 is 0 Å². The van der Waals surface area contributed by atoms with Gasteiger partial charge in [0.25, 0.3) is 0 Å². The van der Waals surface area contributed by atoms with Crippen molar-refractivity contribution in [3.63, 3.8) is 0 Å². The van der Waals surface area contributed by atoms with Crippen molar-refractivity contribution in [1.82, 2.24) is 4.67 Å². The van der Waals surface area contributed by atoms with Crippen LogP contribution in [0.5, 0.6) is 0 Å². The lowest BCUT2D eigenvalue weighted by atomic mass is 10.0. The first-order valence-corrected chi connectivity index (χ1v) is 8.24. The Kier molecular flexibility index (Phi) is 4.55. The third-order valence-electron chi connectivity index (χ3n) is 3.38. The molecule has 0 bridgehead atoms. The van der Waals surface area contributed by atoms with Gasteiger partial charge in [0.2, 0.25) is 0 Å². The fourth-order valence-corrected chi connectivity index (χ4v) is 4.44. The van der Waals surface area contributed by atoms with E-state index in [-0.39, 0.29) is 8.30 Å². The maximum Gasteiger partial charge on any atom is 0.104 e. The number of hydrogen-bond donors (Lipinski definition) is 0. The van der Waals surface area contributed by atoms with Crippen molar-refractivity contribution >= 4 is 8.30 Å². The third-order valence-corrected chi connectivity index (χ3v) is 5.13. The lowest BCUT2D eigenvalue weighted by molar-refractivity contribution is 0.215. The summed E-state index contributed by atoms with van der Waals surface area (Å²) in [6.07, 6.45) is 2.96. The fourth-order valence-electron chi connectivity index (χ4n) is 2.66. The number of fused-ring (bicyclic) bond motifs is 1. The van der Waals surface area contributed by atoms with E-state index in [2.05, 4.69) is 41.7 Å². The highest BCUT2D eigenvalue weighted by molar-refractivity contribution is 7.49. The van der Waals surface area contributed by atoms with Crippen LogP contribution in [0.2, 0.25) is 0 Å². The summed E-state index contributed by atoms with van der Waals surface area (Å²) in [5.41, 5.74) is 1.35. The highest BCUT2D eigenvalue weighted by Crippen LogP contribution is 2.57. The van der Waals surface area contributed by atoms with Crippen molar-refractivity contribution in [2.75, 3.05) is 13.2 Å². The lowest BCUT2D eigenvalue weighted by Gasteiger charge is -2.17. The molecule has 1 aromatic rings. The molecule has 1 aromatic carbocycles. The molecule has 0 spiro atoms. The van der Waals surface area contributed by atoms with Crippen LogP contribution in [-0.4, -0.2) is 23.9 Å². The van der Waals surface area contributed by atoms with Gasteiger partial charge in [-0.15, -0.1) is 0 Å². The van der Waals surface area contributed by atoms with Gasteiger partial charge in [-0.1, -0.05) is 44.2 Å². The molecule has 0 aromatic heterocycles. The summed E-state index contributed by atoms with van der Waals surface area (Å²) in [4.78, 5) is 0. The molecule has 0 saturated carbocycles. The van der Waals surface area contributed by atoms with Crippen molar-refractivity contribution in [2.24, 2.45) is 0 Å². The van der Waals surface area contributed by atoms with Gasteiger partial charge in [0.1, 0.15) is 14.4 Å². The van der Waals surface area contributed by atoms with Crippen LogP contribution in [0.1, 0.15) is 38.4 Å².